The van der Waals surface area contributed by atoms with Crippen LogP contribution in [0.1, 0.15) is 31.4 Å². The smallest absolute Gasteiger partial charge is 0.249 e. The van der Waals surface area contributed by atoms with Crippen molar-refractivity contribution in [2.45, 2.75) is 45.3 Å². The predicted molar refractivity (Wildman–Crippen MR) is 132 cm³/mol. The van der Waals surface area contributed by atoms with Gasteiger partial charge in [0.1, 0.15) is 11.8 Å². The Morgan fingerprint density at radius 3 is 2.67 bits per heavy atom. The molecule has 172 valence electrons. The second kappa shape index (κ2) is 10.0. The number of carbonyl (C=O) groups excluding carboxylic acids is 2. The molecule has 1 unspecified atom stereocenters. The van der Waals surface area contributed by atoms with E-state index in [-0.39, 0.29) is 17.9 Å². The van der Waals surface area contributed by atoms with E-state index in [0.29, 0.717) is 26.0 Å². The van der Waals surface area contributed by atoms with Crippen molar-refractivity contribution >= 4 is 28.3 Å². The molecule has 1 aliphatic heterocycles. The molecule has 0 saturated carbocycles. The van der Waals surface area contributed by atoms with Crippen molar-refractivity contribution in [3.63, 3.8) is 0 Å². The quantitative estimate of drug-likeness (QED) is 0.580. The van der Waals surface area contributed by atoms with Crippen LogP contribution >= 0.6 is 0 Å². The standard InChI is InChI=1S/C27H31N3O3/c1-4-33-25-16-14-19-9-5-7-11-21(19)22(25)17-30-24-12-8-6-10-20(24)13-15-23(27(30)32)29-26(31)18(2)28-3/h5-12,14,16,18,23,28H,4,13,15,17H2,1-3H3,(H,29,31)/t18-,23?/m0/s1. The number of hydrogen-bond donors (Lipinski definition) is 2. The molecule has 2 amide bonds. The normalized spacial score (nSPS) is 16.8. The summed E-state index contributed by atoms with van der Waals surface area (Å²) in [7, 11) is 1.73. The average molecular weight is 446 g/mol. The number of anilines is 1. The number of amides is 2. The van der Waals surface area contributed by atoms with Crippen molar-refractivity contribution in [3.8, 4) is 5.75 Å². The zero-order chi connectivity index (χ0) is 23.4. The molecule has 0 fully saturated rings. The van der Waals surface area contributed by atoms with E-state index in [1.807, 2.05) is 54.3 Å². The highest BCUT2D eigenvalue weighted by atomic mass is 16.5. The minimum atomic E-state index is -0.591. The third-order valence-electron chi connectivity index (χ3n) is 6.31. The molecule has 33 heavy (non-hydrogen) atoms. The molecule has 2 N–H and O–H groups in total. The summed E-state index contributed by atoms with van der Waals surface area (Å²) in [6.45, 7) is 4.64. The van der Waals surface area contributed by atoms with Gasteiger partial charge >= 0.3 is 0 Å². The number of para-hydroxylation sites is 1. The van der Waals surface area contributed by atoms with Crippen LogP contribution in [-0.2, 0) is 22.6 Å². The van der Waals surface area contributed by atoms with Gasteiger partial charge in [0, 0.05) is 11.3 Å². The monoisotopic (exact) mass is 445 g/mol. The molecule has 0 aliphatic carbocycles. The van der Waals surface area contributed by atoms with Gasteiger partial charge in [0.15, 0.2) is 0 Å². The lowest BCUT2D eigenvalue weighted by molar-refractivity contribution is -0.128. The molecule has 1 heterocycles. The predicted octanol–water partition coefficient (Wildman–Crippen LogP) is 3.81. The van der Waals surface area contributed by atoms with E-state index in [2.05, 4.69) is 28.8 Å². The lowest BCUT2D eigenvalue weighted by atomic mass is 10.0. The first-order valence-corrected chi connectivity index (χ1v) is 11.5. The highest BCUT2D eigenvalue weighted by Crippen LogP contribution is 2.34. The van der Waals surface area contributed by atoms with E-state index < -0.39 is 6.04 Å². The molecular formula is C27H31N3O3. The van der Waals surface area contributed by atoms with E-state index in [4.69, 9.17) is 4.74 Å². The molecule has 6 nitrogen and oxygen atoms in total. The molecule has 3 aromatic carbocycles. The number of benzene rings is 3. The van der Waals surface area contributed by atoms with Gasteiger partial charge in [0.25, 0.3) is 0 Å². The molecule has 3 aromatic rings. The van der Waals surface area contributed by atoms with E-state index in [1.54, 1.807) is 14.0 Å². The maximum absolute atomic E-state index is 13.8. The van der Waals surface area contributed by atoms with Gasteiger partial charge < -0.3 is 20.3 Å². The third kappa shape index (κ3) is 4.71. The fourth-order valence-corrected chi connectivity index (χ4v) is 4.37. The lowest BCUT2D eigenvalue weighted by Crippen LogP contribution is -2.52. The van der Waals surface area contributed by atoms with Crippen LogP contribution in [0.4, 0.5) is 5.69 Å². The number of nitrogens with zero attached hydrogens (tertiary/aromatic N) is 1. The third-order valence-corrected chi connectivity index (χ3v) is 6.31. The fraction of sp³-hybridized carbons (Fsp3) is 0.333. The number of nitrogens with one attached hydrogen (secondary N) is 2. The number of ether oxygens (including phenoxy) is 1. The van der Waals surface area contributed by atoms with Gasteiger partial charge in [-0.1, -0.05) is 48.5 Å². The van der Waals surface area contributed by atoms with Gasteiger partial charge in [-0.3, -0.25) is 9.59 Å². The number of fused-ring (bicyclic) bond motifs is 2. The Balaban J connectivity index is 1.76. The second-order valence-electron chi connectivity index (χ2n) is 8.36. The molecule has 0 bridgehead atoms. The van der Waals surface area contributed by atoms with Crippen LogP contribution in [0.3, 0.4) is 0 Å². The molecule has 2 atom stereocenters. The minimum Gasteiger partial charge on any atom is -0.494 e. The van der Waals surface area contributed by atoms with Crippen LogP contribution in [0.15, 0.2) is 60.7 Å². The zero-order valence-electron chi connectivity index (χ0n) is 19.4. The molecule has 0 saturated heterocycles. The minimum absolute atomic E-state index is 0.105. The van der Waals surface area contributed by atoms with E-state index in [9.17, 15) is 9.59 Å². The maximum atomic E-state index is 13.8. The SMILES string of the molecule is CCOc1ccc2ccccc2c1CN1C(=O)C(NC(=O)[C@H](C)NC)CCc2ccccc21. The highest BCUT2D eigenvalue weighted by molar-refractivity contribution is 6.01. The highest BCUT2D eigenvalue weighted by Gasteiger charge is 2.32. The Morgan fingerprint density at radius 2 is 1.88 bits per heavy atom. The molecule has 0 radical (unpaired) electrons. The van der Waals surface area contributed by atoms with Gasteiger partial charge in [-0.05, 0) is 62.2 Å². The molecule has 0 spiro atoms. The topological polar surface area (TPSA) is 70.7 Å². The first-order chi connectivity index (χ1) is 16.0. The number of rotatable bonds is 7. The molecular weight excluding hydrogens is 414 g/mol. The van der Waals surface area contributed by atoms with E-state index in [0.717, 1.165) is 33.3 Å². The van der Waals surface area contributed by atoms with Crippen LogP contribution in [0, 0.1) is 0 Å². The summed E-state index contributed by atoms with van der Waals surface area (Å²) in [5.74, 6) is 0.490. The number of likely N-dealkylation sites (N-methyl/N-ethyl adjacent to an activating group) is 1. The summed E-state index contributed by atoms with van der Waals surface area (Å²) in [6, 6.07) is 19.2. The Hall–Kier alpha value is -3.38. The van der Waals surface area contributed by atoms with Crippen LogP contribution in [0.25, 0.3) is 10.8 Å². The van der Waals surface area contributed by atoms with Crippen LogP contribution in [-0.4, -0.2) is 37.6 Å². The van der Waals surface area contributed by atoms with Crippen molar-refractivity contribution in [2.75, 3.05) is 18.6 Å². The van der Waals surface area contributed by atoms with Gasteiger partial charge in [0.2, 0.25) is 11.8 Å². The van der Waals surface area contributed by atoms with E-state index in [1.165, 1.54) is 0 Å². The second-order valence-corrected chi connectivity index (χ2v) is 8.36. The first kappa shape index (κ1) is 22.8. The lowest BCUT2D eigenvalue weighted by Gasteiger charge is -2.28. The summed E-state index contributed by atoms with van der Waals surface area (Å²) < 4.78 is 5.96. The Morgan fingerprint density at radius 1 is 1.12 bits per heavy atom. The summed E-state index contributed by atoms with van der Waals surface area (Å²) in [5, 5.41) is 8.06. The Bertz CT molecular complexity index is 1160. The molecule has 1 aliphatic rings. The summed E-state index contributed by atoms with van der Waals surface area (Å²) in [6.07, 6.45) is 1.27. The first-order valence-electron chi connectivity index (χ1n) is 11.5. The van der Waals surface area contributed by atoms with Crippen LogP contribution in [0.2, 0.25) is 0 Å². The average Bonchev–Trinajstić information content (AvgIpc) is 2.97. The Labute approximate surface area is 194 Å². The summed E-state index contributed by atoms with van der Waals surface area (Å²) >= 11 is 0. The maximum Gasteiger partial charge on any atom is 0.249 e. The summed E-state index contributed by atoms with van der Waals surface area (Å²) in [4.78, 5) is 28.2. The van der Waals surface area contributed by atoms with Crippen molar-refractivity contribution in [1.82, 2.24) is 10.6 Å². The van der Waals surface area contributed by atoms with Gasteiger partial charge in [0.05, 0.1) is 19.2 Å². The zero-order valence-corrected chi connectivity index (χ0v) is 19.4. The van der Waals surface area contributed by atoms with Crippen LogP contribution < -0.4 is 20.3 Å². The van der Waals surface area contributed by atoms with Crippen molar-refractivity contribution < 1.29 is 14.3 Å². The number of hydrogen-bond acceptors (Lipinski definition) is 4. The van der Waals surface area contributed by atoms with Crippen molar-refractivity contribution in [2.24, 2.45) is 0 Å². The van der Waals surface area contributed by atoms with Crippen LogP contribution in [0.5, 0.6) is 5.75 Å². The largest absolute Gasteiger partial charge is 0.494 e. The van der Waals surface area contributed by atoms with Gasteiger partial charge in [-0.15, -0.1) is 0 Å². The Kier molecular flexibility index (Phi) is 6.94. The van der Waals surface area contributed by atoms with Gasteiger partial charge in [-0.25, -0.2) is 0 Å². The summed E-state index contributed by atoms with van der Waals surface area (Å²) in [5.41, 5.74) is 2.95. The van der Waals surface area contributed by atoms with Gasteiger partial charge in [-0.2, -0.15) is 0 Å². The van der Waals surface area contributed by atoms with Crippen molar-refractivity contribution in [3.05, 3.63) is 71.8 Å². The molecule has 6 heteroatoms. The fourth-order valence-electron chi connectivity index (χ4n) is 4.37. The molecule has 0 aromatic heterocycles. The van der Waals surface area contributed by atoms with Crippen molar-refractivity contribution in [1.29, 1.82) is 0 Å². The van der Waals surface area contributed by atoms with E-state index >= 15 is 0 Å². The number of aryl methyl sites for hydroxylation is 1. The molecule has 4 rings (SSSR count). The number of carbonyl (C=O) groups is 2.